The van der Waals surface area contributed by atoms with Gasteiger partial charge in [-0.05, 0) is 113 Å². The van der Waals surface area contributed by atoms with Crippen LogP contribution in [0.3, 0.4) is 0 Å². The quantitative estimate of drug-likeness (QED) is 0.0216. The molecule has 2 aromatic carbocycles. The van der Waals surface area contributed by atoms with Crippen LogP contribution in [0.4, 0.5) is 0 Å². The number of nitrogens with two attached hydrogens (primary N) is 3. The van der Waals surface area contributed by atoms with Crippen LogP contribution in [0, 0.1) is 17.8 Å². The molecule has 39 nitrogen and oxygen atoms in total. The minimum atomic E-state index is -1.80. The number of aliphatic hydroxyl groups excluding tert-OH is 5. The number of carbonyl (C=O) groups is 15. The molecule has 0 aliphatic carbocycles. The van der Waals surface area contributed by atoms with Gasteiger partial charge in [-0.3, -0.25) is 67.1 Å². The van der Waals surface area contributed by atoms with Crippen molar-refractivity contribution in [2.24, 2.45) is 35.0 Å². The largest absolute Gasteiger partial charge is 0.508 e. The highest BCUT2D eigenvalue weighted by molar-refractivity contribution is 7.80. The average molecular weight is 1590 g/mol. The summed E-state index contributed by atoms with van der Waals surface area (Å²) in [5.74, 6) is -17.4. The van der Waals surface area contributed by atoms with Crippen LogP contribution in [0.5, 0.6) is 5.75 Å². The van der Waals surface area contributed by atoms with Crippen molar-refractivity contribution in [3.05, 3.63) is 65.7 Å². The summed E-state index contributed by atoms with van der Waals surface area (Å²) in [6, 6.07) is -7.62. The monoisotopic (exact) mass is 1590 g/mol. The van der Waals surface area contributed by atoms with E-state index in [1.807, 2.05) is 5.32 Å². The summed E-state index contributed by atoms with van der Waals surface area (Å²) in [5, 5.41) is 103. The van der Waals surface area contributed by atoms with Crippen LogP contribution in [0.2, 0.25) is 0 Å². The normalized spacial score (nSPS) is 15.6. The summed E-state index contributed by atoms with van der Waals surface area (Å²) in [6.45, 7) is 8.02. The number of phenols is 1. The zero-order chi connectivity index (χ0) is 83.8. The van der Waals surface area contributed by atoms with E-state index in [9.17, 15) is 108 Å². The number of carboxylic acids is 1. The SMILES string of the molecule is CC[C@H](C)[C@H](NC(=O)[C@H](Cc1ccc(O)cc1)NC(=O)CNC(=O)[C@H](CO)NC(=O)[C@H](C)NC(=O)[C@H](CCCCN)NC(=O)[C@H](CS)NC(=O)[C@H](CO)NC(=O)[C@H](CC(C)C)NC(=O)[C@H](CCCCN)NC(=O)[C@@H](NC(=O)[C@@H](N)CO)C(C)C)C(=O)N[C@@H](Cc1ccccc1)C(=O)N[C@H](C(=O)N[C@@H](CO)C(=O)O)[C@@H](C)O. The molecule has 0 unspecified atom stereocenters. The van der Waals surface area contributed by atoms with Crippen LogP contribution < -0.4 is 91.6 Å². The maximum Gasteiger partial charge on any atom is 0.328 e. The lowest BCUT2D eigenvalue weighted by molar-refractivity contribution is -0.144. The summed E-state index contributed by atoms with van der Waals surface area (Å²) in [5.41, 5.74) is 17.9. The van der Waals surface area contributed by atoms with E-state index < -0.39 is 230 Å². The number of hydrogen-bond donors (Lipinski definition) is 25. The van der Waals surface area contributed by atoms with E-state index in [-0.39, 0.29) is 69.7 Å². The summed E-state index contributed by atoms with van der Waals surface area (Å²) < 4.78 is 0. The number of carbonyl (C=O) groups excluding carboxylic acids is 14. The van der Waals surface area contributed by atoms with E-state index in [4.69, 9.17) is 17.2 Å². The van der Waals surface area contributed by atoms with Crippen LogP contribution >= 0.6 is 12.6 Å². The highest BCUT2D eigenvalue weighted by Gasteiger charge is 2.39. The molecule has 2 rings (SSSR count). The third-order valence-electron chi connectivity index (χ3n) is 17.5. The second-order valence-electron chi connectivity index (χ2n) is 27.5. The van der Waals surface area contributed by atoms with Crippen LogP contribution in [-0.4, -0.2) is 267 Å². The number of aliphatic hydroxyl groups is 5. The van der Waals surface area contributed by atoms with Crippen molar-refractivity contribution in [2.75, 3.05) is 51.8 Å². The Morgan fingerprint density at radius 3 is 1.32 bits per heavy atom. The van der Waals surface area contributed by atoms with Crippen molar-refractivity contribution in [3.8, 4) is 5.75 Å². The first-order valence-corrected chi connectivity index (χ1v) is 37.2. The number of thiol groups is 1. The molecule has 27 N–H and O–H groups in total. The number of hydrogen-bond acceptors (Lipinski definition) is 25. The molecule has 0 bridgehead atoms. The van der Waals surface area contributed by atoms with E-state index in [0.717, 1.165) is 6.92 Å². The lowest BCUT2D eigenvalue weighted by Crippen LogP contribution is -2.62. The Morgan fingerprint density at radius 1 is 0.423 bits per heavy atom. The number of unbranched alkanes of at least 4 members (excludes halogenated alkanes) is 2. The maximum absolute atomic E-state index is 14.4. The van der Waals surface area contributed by atoms with Gasteiger partial charge in [0.05, 0.1) is 39.1 Å². The lowest BCUT2D eigenvalue weighted by atomic mass is 9.96. The molecule has 0 spiro atoms. The van der Waals surface area contributed by atoms with Gasteiger partial charge in [-0.15, -0.1) is 0 Å². The van der Waals surface area contributed by atoms with Crippen LogP contribution in [-0.2, 0) is 84.8 Å². The molecule has 0 saturated carbocycles. The highest BCUT2D eigenvalue weighted by atomic mass is 32.1. The van der Waals surface area contributed by atoms with E-state index in [1.54, 1.807) is 71.9 Å². The van der Waals surface area contributed by atoms with Crippen LogP contribution in [0.1, 0.15) is 118 Å². The Hall–Kier alpha value is -9.68. The molecule has 0 saturated heterocycles. The number of phenolic OH excluding ortho intramolecular Hbond substituents is 1. The zero-order valence-corrected chi connectivity index (χ0v) is 64.6. The van der Waals surface area contributed by atoms with Gasteiger partial charge in [-0.25, -0.2) is 4.79 Å². The Bertz CT molecular complexity index is 3380. The van der Waals surface area contributed by atoms with Crippen molar-refractivity contribution in [2.45, 2.75) is 210 Å². The Labute approximate surface area is 649 Å². The summed E-state index contributed by atoms with van der Waals surface area (Å²) in [6.07, 6.45) is -0.572. The van der Waals surface area contributed by atoms with Crippen molar-refractivity contribution >= 4 is 101 Å². The molecule has 0 fully saturated rings. The predicted molar refractivity (Wildman–Crippen MR) is 405 cm³/mol. The molecule has 0 aromatic heterocycles. The van der Waals surface area contributed by atoms with Gasteiger partial charge in [0, 0.05) is 18.6 Å². The molecule has 14 amide bonds. The molecule has 0 aliphatic rings. The summed E-state index contributed by atoms with van der Waals surface area (Å²) in [4.78, 5) is 204. The minimum absolute atomic E-state index is 0.0187. The van der Waals surface area contributed by atoms with Gasteiger partial charge >= 0.3 is 5.97 Å². The molecular formula is C71H115N17O22S. The average Bonchev–Trinajstić information content (AvgIpc) is 0.834. The molecule has 0 heterocycles. The Kier molecular flexibility index (Phi) is 44.7. The summed E-state index contributed by atoms with van der Waals surface area (Å²) >= 11 is 4.21. The number of benzene rings is 2. The third-order valence-corrected chi connectivity index (χ3v) is 17.9. The van der Waals surface area contributed by atoms with Crippen molar-refractivity contribution in [1.82, 2.24) is 74.4 Å². The standard InChI is InChI=1S/C71H115N17O22S/c1-9-38(6)56(69(107)81-49(28-41-17-11-10-12-18-41)65(103)88-57(40(8)93)70(108)84-52(34-92)71(109)110)87-64(102)48(29-42-21-23-43(94)24-22-42)77-54(95)30-75-60(98)50(32-90)82-58(96)39(7)76-61(99)45(19-13-15-25-72)78-67(105)53(35-111)85-66(104)51(33-91)83-63(101)47(27-36(2)3)80-62(100)46(20-14-16-26-73)79-68(106)55(37(4)5)86-59(97)44(74)31-89/h10-12,17-18,21-24,36-40,44-53,55-57,89-94,111H,9,13-16,19-20,25-35,72-74H2,1-8H3,(H,75,98)(H,76,99)(H,77,95)(H,78,105)(H,79,106)(H,80,100)(H,81,107)(H,82,96)(H,83,101)(H,84,108)(H,85,104)(H,86,97)(H,87,102)(H,88,103)(H,109,110)/t38-,39-,40+,44-,45-,46-,47-,48-,49-,50-,51-,52-,53-,55-,56-,57-/m0/s1. The molecule has 0 radical (unpaired) electrons. The molecule has 0 aliphatic heterocycles. The maximum atomic E-state index is 14.4. The first-order chi connectivity index (χ1) is 52.4. The van der Waals surface area contributed by atoms with Gasteiger partial charge in [0.1, 0.15) is 90.3 Å². The fourth-order valence-corrected chi connectivity index (χ4v) is 11.0. The van der Waals surface area contributed by atoms with Gasteiger partial charge in [-0.1, -0.05) is 90.4 Å². The third kappa shape index (κ3) is 34.6. The molecule has 16 atom stereocenters. The van der Waals surface area contributed by atoms with Gasteiger partial charge < -0.3 is 127 Å². The Morgan fingerprint density at radius 2 is 0.829 bits per heavy atom. The van der Waals surface area contributed by atoms with E-state index in [0.29, 0.717) is 30.4 Å². The first-order valence-electron chi connectivity index (χ1n) is 36.6. The van der Waals surface area contributed by atoms with Crippen molar-refractivity contribution in [1.29, 1.82) is 0 Å². The second-order valence-corrected chi connectivity index (χ2v) is 27.9. The topological polar surface area (TPSA) is 644 Å². The fourth-order valence-electron chi connectivity index (χ4n) is 10.7. The molecular weight excluding hydrogens is 1470 g/mol. The number of rotatable bonds is 52. The van der Waals surface area contributed by atoms with Gasteiger partial charge in [0.15, 0.2) is 0 Å². The number of amides is 14. The number of nitrogens with one attached hydrogen (secondary N) is 14. The Balaban J connectivity index is 2.30. The zero-order valence-electron chi connectivity index (χ0n) is 63.7. The molecule has 622 valence electrons. The van der Waals surface area contributed by atoms with Crippen LogP contribution in [0.25, 0.3) is 0 Å². The summed E-state index contributed by atoms with van der Waals surface area (Å²) in [7, 11) is 0. The smallest absolute Gasteiger partial charge is 0.328 e. The number of carboxylic acid groups (broad SMARTS) is 1. The minimum Gasteiger partial charge on any atom is -0.508 e. The van der Waals surface area contributed by atoms with E-state index in [1.165, 1.54) is 31.2 Å². The number of aromatic hydroxyl groups is 1. The van der Waals surface area contributed by atoms with Gasteiger partial charge in [0.2, 0.25) is 82.7 Å². The molecule has 2 aromatic rings. The van der Waals surface area contributed by atoms with Gasteiger partial charge in [-0.2, -0.15) is 12.6 Å². The highest BCUT2D eigenvalue weighted by Crippen LogP contribution is 2.16. The van der Waals surface area contributed by atoms with Gasteiger partial charge in [0.25, 0.3) is 0 Å². The molecule has 111 heavy (non-hydrogen) atoms. The molecule has 40 heteroatoms. The fraction of sp³-hybridized carbons (Fsp3) is 0.620. The first kappa shape index (κ1) is 97.4. The number of aliphatic carboxylic acids is 1. The van der Waals surface area contributed by atoms with E-state index in [2.05, 4.69) is 81.7 Å². The van der Waals surface area contributed by atoms with E-state index >= 15 is 0 Å². The lowest BCUT2D eigenvalue weighted by Gasteiger charge is -2.29. The van der Waals surface area contributed by atoms with Crippen molar-refractivity contribution in [3.63, 3.8) is 0 Å². The predicted octanol–water partition coefficient (Wildman–Crippen LogP) is -7.69. The van der Waals surface area contributed by atoms with Crippen LogP contribution in [0.15, 0.2) is 54.6 Å². The second kappa shape index (κ2) is 51.0. The van der Waals surface area contributed by atoms with Crippen molar-refractivity contribution < 1.29 is 108 Å².